The molecule has 0 aliphatic carbocycles. The fraction of sp³-hybridized carbons (Fsp3) is 0.318. The fourth-order valence-corrected chi connectivity index (χ4v) is 5.32. The number of aliphatic carboxylic acids is 1. The average molecular weight is 561 g/mol. The number of carboxylic acids is 1. The summed E-state index contributed by atoms with van der Waals surface area (Å²) in [5.41, 5.74) is 0.414. The molecule has 5 atom stereocenters. The molecule has 0 radical (unpaired) electrons. The molecule has 0 spiro atoms. The predicted octanol–water partition coefficient (Wildman–Crippen LogP) is 3.79. The Morgan fingerprint density at radius 1 is 1.14 bits per heavy atom. The number of aromatic nitrogens is 3. The number of hydrogen-bond donors (Lipinski definition) is 3. The molecule has 3 aromatic rings. The van der Waals surface area contributed by atoms with Crippen LogP contribution in [0.2, 0.25) is 15.1 Å². The van der Waals surface area contributed by atoms with E-state index < -0.39 is 49.0 Å². The summed E-state index contributed by atoms with van der Waals surface area (Å²) in [5, 5.41) is 39.8. The highest BCUT2D eigenvalue weighted by Crippen LogP contribution is 2.41. The van der Waals surface area contributed by atoms with E-state index in [1.807, 2.05) is 0 Å². The lowest BCUT2D eigenvalue weighted by Crippen LogP contribution is -2.56. The van der Waals surface area contributed by atoms with Crippen molar-refractivity contribution in [3.05, 3.63) is 63.7 Å². The molecule has 1 saturated heterocycles. The van der Waals surface area contributed by atoms with Crippen LogP contribution in [-0.4, -0.2) is 73.2 Å². The Hall–Kier alpha value is -1.89. The van der Waals surface area contributed by atoms with Crippen LogP contribution in [0, 0.1) is 0 Å². The zero-order chi connectivity index (χ0) is 25.1. The number of hydrogen-bond acceptors (Lipinski definition) is 8. The van der Waals surface area contributed by atoms with Gasteiger partial charge in [-0.1, -0.05) is 63.9 Å². The largest absolute Gasteiger partial charge is 0.480 e. The monoisotopic (exact) mass is 559 g/mol. The van der Waals surface area contributed by atoms with E-state index in [0.717, 1.165) is 5.56 Å². The summed E-state index contributed by atoms with van der Waals surface area (Å²) < 4.78 is 13.0. The molecule has 3 N–H and O–H groups in total. The van der Waals surface area contributed by atoms with E-state index in [9.17, 15) is 20.1 Å². The normalized spacial score (nSPS) is 24.4. The zero-order valence-electron chi connectivity index (χ0n) is 17.9. The Kier molecular flexibility index (Phi) is 8.56. The molecule has 35 heavy (non-hydrogen) atoms. The van der Waals surface area contributed by atoms with Gasteiger partial charge in [-0.15, -0.1) is 5.10 Å². The quantitative estimate of drug-likeness (QED) is 0.377. The minimum atomic E-state index is -1.27. The van der Waals surface area contributed by atoms with Crippen molar-refractivity contribution in [2.45, 2.75) is 34.7 Å². The molecular weight excluding hydrogens is 541 g/mol. The van der Waals surface area contributed by atoms with Gasteiger partial charge < -0.3 is 24.8 Å². The molecular formula is C22H20Cl3N3O6S. The number of carboxylic acid groups (broad SMARTS) is 1. The Balaban J connectivity index is 1.69. The summed E-state index contributed by atoms with van der Waals surface area (Å²) in [5.74, 6) is -1.19. The topological polar surface area (TPSA) is 127 Å². The molecule has 0 saturated carbocycles. The maximum Gasteiger partial charge on any atom is 0.329 e. The molecule has 4 rings (SSSR count). The number of carbonyl (C=O) groups is 1. The van der Waals surface area contributed by atoms with Gasteiger partial charge in [0.1, 0.15) is 42.1 Å². The van der Waals surface area contributed by atoms with Crippen LogP contribution in [0.25, 0.3) is 11.3 Å². The molecule has 13 heteroatoms. The Labute approximate surface area is 219 Å². The number of halogens is 3. The zero-order valence-corrected chi connectivity index (χ0v) is 21.0. The number of ether oxygens (including phenoxy) is 2. The average Bonchev–Trinajstić information content (AvgIpc) is 3.31. The van der Waals surface area contributed by atoms with Crippen molar-refractivity contribution in [2.75, 3.05) is 13.2 Å². The van der Waals surface area contributed by atoms with Gasteiger partial charge in [0.05, 0.1) is 22.8 Å². The molecule has 0 unspecified atom stereocenters. The SMILES string of the molecule is O=C(O)CO[C@@H]1[C@@H](n2cc(-c3ccc(Cl)cc3)nn2)[C@@H](O)[C@@H](CO)O[C@@H]1Sc1ccc(Cl)c(Cl)c1. The van der Waals surface area contributed by atoms with Crippen molar-refractivity contribution >= 4 is 52.5 Å². The third kappa shape index (κ3) is 6.10. The van der Waals surface area contributed by atoms with Gasteiger partial charge in [0.2, 0.25) is 0 Å². The van der Waals surface area contributed by atoms with E-state index in [-0.39, 0.29) is 0 Å². The van der Waals surface area contributed by atoms with Crippen LogP contribution in [-0.2, 0) is 14.3 Å². The molecule has 1 aliphatic rings. The summed E-state index contributed by atoms with van der Waals surface area (Å²) in [6, 6.07) is 11.0. The first kappa shape index (κ1) is 26.2. The number of nitrogens with zero attached hydrogens (tertiary/aromatic N) is 3. The summed E-state index contributed by atoms with van der Waals surface area (Å²) in [6.45, 7) is -1.13. The minimum absolute atomic E-state index is 0.328. The highest BCUT2D eigenvalue weighted by Gasteiger charge is 2.48. The third-order valence-corrected chi connectivity index (χ3v) is 7.45. The number of benzene rings is 2. The number of aliphatic hydroxyl groups is 2. The van der Waals surface area contributed by atoms with Crippen LogP contribution in [0.15, 0.2) is 53.6 Å². The summed E-state index contributed by atoms with van der Waals surface area (Å²) >= 11 is 19.3. The van der Waals surface area contributed by atoms with Gasteiger partial charge in [0.25, 0.3) is 0 Å². The summed E-state index contributed by atoms with van der Waals surface area (Å²) in [6.07, 6.45) is -1.64. The Morgan fingerprint density at radius 3 is 2.54 bits per heavy atom. The number of rotatable bonds is 8. The second-order valence-electron chi connectivity index (χ2n) is 7.66. The molecule has 9 nitrogen and oxygen atoms in total. The van der Waals surface area contributed by atoms with Gasteiger partial charge in [-0.05, 0) is 30.3 Å². The van der Waals surface area contributed by atoms with Crippen molar-refractivity contribution in [3.63, 3.8) is 0 Å². The fourth-order valence-electron chi connectivity index (χ4n) is 3.66. The Morgan fingerprint density at radius 2 is 1.89 bits per heavy atom. The van der Waals surface area contributed by atoms with Crippen molar-refractivity contribution in [2.24, 2.45) is 0 Å². The molecule has 1 aliphatic heterocycles. The molecule has 186 valence electrons. The van der Waals surface area contributed by atoms with E-state index in [2.05, 4.69) is 10.3 Å². The Bertz CT molecular complexity index is 1180. The highest BCUT2D eigenvalue weighted by molar-refractivity contribution is 7.99. The van der Waals surface area contributed by atoms with Gasteiger partial charge in [-0.3, -0.25) is 0 Å². The van der Waals surface area contributed by atoms with Crippen molar-refractivity contribution in [3.8, 4) is 11.3 Å². The molecule has 1 aromatic heterocycles. The molecule has 2 heterocycles. The lowest BCUT2D eigenvalue weighted by Gasteiger charge is -2.43. The highest BCUT2D eigenvalue weighted by atomic mass is 35.5. The van der Waals surface area contributed by atoms with Gasteiger partial charge in [0.15, 0.2) is 0 Å². The first-order valence-electron chi connectivity index (χ1n) is 10.3. The van der Waals surface area contributed by atoms with Crippen molar-refractivity contribution in [1.29, 1.82) is 0 Å². The second kappa shape index (κ2) is 11.4. The molecule has 0 bridgehead atoms. The van der Waals surface area contributed by atoms with Crippen LogP contribution >= 0.6 is 46.6 Å². The second-order valence-corrected chi connectivity index (χ2v) is 10.1. The van der Waals surface area contributed by atoms with Crippen molar-refractivity contribution in [1.82, 2.24) is 15.0 Å². The van der Waals surface area contributed by atoms with Crippen molar-refractivity contribution < 1.29 is 29.6 Å². The van der Waals surface area contributed by atoms with E-state index in [1.165, 1.54) is 16.4 Å². The standard InChI is InChI=1S/C22H20Cl3N3O6S/c23-12-3-1-11(2-4-12)16-8-28(27-26-16)19-20(32)17(9-29)34-22(21(19)33-10-18(30)31)35-13-5-6-14(24)15(25)7-13/h1-8,17,19-22,29,32H,9-10H2,(H,30,31)/t17-,19+,20+,21-,22-/m1/s1. The summed E-state index contributed by atoms with van der Waals surface area (Å²) in [4.78, 5) is 12.0. The maximum atomic E-state index is 11.3. The van der Waals surface area contributed by atoms with Crippen LogP contribution in [0.3, 0.4) is 0 Å². The number of thioether (sulfide) groups is 1. The van der Waals surface area contributed by atoms with E-state index in [4.69, 9.17) is 44.3 Å². The lowest BCUT2D eigenvalue weighted by atomic mass is 9.97. The van der Waals surface area contributed by atoms with Crippen LogP contribution in [0.5, 0.6) is 0 Å². The smallest absolute Gasteiger partial charge is 0.329 e. The van der Waals surface area contributed by atoms with Gasteiger partial charge >= 0.3 is 5.97 Å². The third-order valence-electron chi connectivity index (χ3n) is 5.32. The summed E-state index contributed by atoms with van der Waals surface area (Å²) in [7, 11) is 0. The first-order chi connectivity index (χ1) is 16.8. The van der Waals surface area contributed by atoms with E-state index in [1.54, 1.807) is 48.7 Å². The predicted molar refractivity (Wildman–Crippen MR) is 131 cm³/mol. The van der Waals surface area contributed by atoms with Crippen LogP contribution in [0.4, 0.5) is 0 Å². The minimum Gasteiger partial charge on any atom is -0.480 e. The van der Waals surface area contributed by atoms with Gasteiger partial charge in [-0.2, -0.15) is 0 Å². The van der Waals surface area contributed by atoms with Crippen LogP contribution < -0.4 is 0 Å². The maximum absolute atomic E-state index is 11.3. The van der Waals surface area contributed by atoms with E-state index in [0.29, 0.717) is 25.7 Å². The number of aliphatic hydroxyl groups excluding tert-OH is 2. The van der Waals surface area contributed by atoms with E-state index >= 15 is 0 Å². The molecule has 0 amide bonds. The molecule has 1 fully saturated rings. The molecule has 2 aromatic carbocycles. The lowest BCUT2D eigenvalue weighted by molar-refractivity contribution is -0.196. The van der Waals surface area contributed by atoms with Crippen LogP contribution in [0.1, 0.15) is 6.04 Å². The van der Waals surface area contributed by atoms with Gasteiger partial charge in [0, 0.05) is 15.5 Å². The first-order valence-corrected chi connectivity index (χ1v) is 12.4. The van der Waals surface area contributed by atoms with Gasteiger partial charge in [-0.25, -0.2) is 9.48 Å².